The van der Waals surface area contributed by atoms with E-state index in [2.05, 4.69) is 60.2 Å². The summed E-state index contributed by atoms with van der Waals surface area (Å²) in [6.45, 7) is 7.65. The first-order valence-corrected chi connectivity index (χ1v) is 7.72. The lowest BCUT2D eigenvalue weighted by molar-refractivity contribution is 0.247. The van der Waals surface area contributed by atoms with Crippen LogP contribution in [-0.2, 0) is 0 Å². The molecule has 0 spiro atoms. The van der Waals surface area contributed by atoms with Gasteiger partial charge in [-0.2, -0.15) is 0 Å². The number of hydrogen-bond acceptors (Lipinski definition) is 4. The van der Waals surface area contributed by atoms with Crippen LogP contribution in [0.3, 0.4) is 0 Å². The molecular formula is C16H28N4. The lowest BCUT2D eigenvalue weighted by Gasteiger charge is -2.36. The molecule has 2 rings (SSSR count). The van der Waals surface area contributed by atoms with E-state index < -0.39 is 0 Å². The van der Waals surface area contributed by atoms with Gasteiger partial charge in [-0.15, -0.1) is 0 Å². The Hall–Kier alpha value is -1.13. The van der Waals surface area contributed by atoms with Gasteiger partial charge in [0.2, 0.25) is 0 Å². The maximum absolute atomic E-state index is 4.65. The number of likely N-dealkylation sites (tertiary alicyclic amines) is 1. The molecule has 0 saturated carbocycles. The molecule has 112 valence electrons. The van der Waals surface area contributed by atoms with Crippen molar-refractivity contribution in [2.75, 3.05) is 38.6 Å². The van der Waals surface area contributed by atoms with Crippen molar-refractivity contribution < 1.29 is 0 Å². The minimum Gasteiger partial charge on any atom is -0.355 e. The third kappa shape index (κ3) is 3.70. The number of pyridine rings is 1. The van der Waals surface area contributed by atoms with Gasteiger partial charge in [0.1, 0.15) is 5.82 Å². The van der Waals surface area contributed by atoms with Crippen LogP contribution < -0.4 is 10.2 Å². The third-order valence-corrected chi connectivity index (χ3v) is 4.29. The van der Waals surface area contributed by atoms with Gasteiger partial charge in [-0.1, -0.05) is 13.0 Å². The molecular weight excluding hydrogens is 248 g/mol. The lowest BCUT2D eigenvalue weighted by atomic mass is 10.0. The minimum atomic E-state index is 0.368. The zero-order valence-corrected chi connectivity index (χ0v) is 13.3. The molecule has 2 atom stereocenters. The Labute approximate surface area is 123 Å². The van der Waals surface area contributed by atoms with Crippen LogP contribution in [0.4, 0.5) is 5.82 Å². The second-order valence-corrected chi connectivity index (χ2v) is 5.90. The van der Waals surface area contributed by atoms with Crippen LogP contribution in [0, 0.1) is 0 Å². The maximum Gasteiger partial charge on any atom is 0.128 e. The number of rotatable bonds is 5. The monoisotopic (exact) mass is 276 g/mol. The Morgan fingerprint density at radius 1 is 1.50 bits per heavy atom. The molecule has 1 aromatic rings. The summed E-state index contributed by atoms with van der Waals surface area (Å²) in [7, 11) is 4.37. The number of aromatic nitrogens is 1. The fourth-order valence-electron chi connectivity index (χ4n) is 2.93. The van der Waals surface area contributed by atoms with E-state index in [4.69, 9.17) is 0 Å². The number of nitrogens with zero attached hydrogens (tertiary/aromatic N) is 3. The first-order valence-electron chi connectivity index (χ1n) is 7.72. The number of nitrogens with one attached hydrogen (secondary N) is 1. The first-order chi connectivity index (χ1) is 9.61. The molecule has 1 aliphatic rings. The highest BCUT2D eigenvalue weighted by Gasteiger charge is 2.21. The molecule has 4 heteroatoms. The molecule has 2 heterocycles. The Morgan fingerprint density at radius 3 is 2.90 bits per heavy atom. The molecule has 0 aromatic carbocycles. The van der Waals surface area contributed by atoms with Crippen LogP contribution in [0.2, 0.25) is 0 Å². The van der Waals surface area contributed by atoms with Crippen molar-refractivity contribution in [3.8, 4) is 0 Å². The maximum atomic E-state index is 4.65. The average Bonchev–Trinajstić information content (AvgIpc) is 2.47. The predicted molar refractivity (Wildman–Crippen MR) is 85.3 cm³/mol. The molecule has 0 aliphatic carbocycles. The molecule has 4 nitrogen and oxygen atoms in total. The van der Waals surface area contributed by atoms with Crippen LogP contribution in [0.15, 0.2) is 18.3 Å². The van der Waals surface area contributed by atoms with Gasteiger partial charge in [-0.3, -0.25) is 0 Å². The highest BCUT2D eigenvalue weighted by atomic mass is 15.2. The molecule has 2 unspecified atom stereocenters. The number of piperidine rings is 1. The number of hydrogen-bond donors (Lipinski definition) is 1. The van der Waals surface area contributed by atoms with E-state index in [1.165, 1.54) is 24.9 Å². The van der Waals surface area contributed by atoms with Crippen molar-refractivity contribution in [1.82, 2.24) is 15.2 Å². The van der Waals surface area contributed by atoms with Crippen molar-refractivity contribution in [3.05, 3.63) is 23.9 Å². The topological polar surface area (TPSA) is 31.4 Å². The fourth-order valence-corrected chi connectivity index (χ4v) is 2.93. The zero-order valence-electron chi connectivity index (χ0n) is 13.3. The summed E-state index contributed by atoms with van der Waals surface area (Å²) in [4.78, 5) is 9.39. The van der Waals surface area contributed by atoms with Gasteiger partial charge in [-0.05, 0) is 51.5 Å². The van der Waals surface area contributed by atoms with Crippen LogP contribution in [0.1, 0.15) is 38.3 Å². The molecule has 1 saturated heterocycles. The van der Waals surface area contributed by atoms with Gasteiger partial charge in [0, 0.05) is 31.9 Å². The second-order valence-electron chi connectivity index (χ2n) is 5.90. The van der Waals surface area contributed by atoms with Crippen LogP contribution >= 0.6 is 0 Å². The van der Waals surface area contributed by atoms with E-state index in [-0.39, 0.29) is 0 Å². The van der Waals surface area contributed by atoms with E-state index in [1.807, 2.05) is 6.20 Å². The van der Waals surface area contributed by atoms with Gasteiger partial charge < -0.3 is 15.1 Å². The van der Waals surface area contributed by atoms with Crippen molar-refractivity contribution in [1.29, 1.82) is 0 Å². The van der Waals surface area contributed by atoms with Crippen LogP contribution in [0.25, 0.3) is 0 Å². The van der Waals surface area contributed by atoms with Crippen LogP contribution in [-0.4, -0.2) is 49.7 Å². The summed E-state index contributed by atoms with van der Waals surface area (Å²) in [5.74, 6) is 1.08. The standard InChI is InChI=1S/C16H28N4/c1-5-17-13(2)14-8-9-16(18-11-14)20(4)15-7-6-10-19(3)12-15/h8-9,11,13,15,17H,5-7,10,12H2,1-4H3. The molecule has 1 N–H and O–H groups in total. The Balaban J connectivity index is 2.01. The summed E-state index contributed by atoms with van der Waals surface area (Å²) < 4.78 is 0. The van der Waals surface area contributed by atoms with Crippen molar-refractivity contribution in [2.45, 2.75) is 38.8 Å². The fraction of sp³-hybridized carbons (Fsp3) is 0.688. The molecule has 1 aliphatic heterocycles. The molecule has 0 amide bonds. The normalized spacial score (nSPS) is 21.7. The van der Waals surface area contributed by atoms with Crippen molar-refractivity contribution in [2.24, 2.45) is 0 Å². The summed E-state index contributed by atoms with van der Waals surface area (Å²) in [5, 5.41) is 3.42. The third-order valence-electron chi connectivity index (χ3n) is 4.29. The van der Waals surface area contributed by atoms with E-state index in [0.29, 0.717) is 12.1 Å². The second kappa shape index (κ2) is 7.04. The number of likely N-dealkylation sites (N-methyl/N-ethyl adjacent to an activating group) is 2. The first kappa shape index (κ1) is 15.3. The predicted octanol–water partition coefficient (Wildman–Crippen LogP) is 2.28. The van der Waals surface area contributed by atoms with Crippen molar-refractivity contribution in [3.63, 3.8) is 0 Å². The summed E-state index contributed by atoms with van der Waals surface area (Å²) in [5.41, 5.74) is 1.25. The van der Waals surface area contributed by atoms with E-state index in [1.54, 1.807) is 0 Å². The Morgan fingerprint density at radius 2 is 2.30 bits per heavy atom. The van der Waals surface area contributed by atoms with E-state index in [0.717, 1.165) is 18.9 Å². The van der Waals surface area contributed by atoms with Crippen molar-refractivity contribution >= 4 is 5.82 Å². The smallest absolute Gasteiger partial charge is 0.128 e. The Kier molecular flexibility index (Phi) is 5.38. The summed E-state index contributed by atoms with van der Waals surface area (Å²) >= 11 is 0. The van der Waals surface area contributed by atoms with Gasteiger partial charge >= 0.3 is 0 Å². The van der Waals surface area contributed by atoms with Gasteiger partial charge in [0.15, 0.2) is 0 Å². The summed E-state index contributed by atoms with van der Waals surface area (Å²) in [6.07, 6.45) is 4.55. The highest BCUT2D eigenvalue weighted by Crippen LogP contribution is 2.20. The molecule has 0 bridgehead atoms. The quantitative estimate of drug-likeness (QED) is 0.894. The molecule has 1 fully saturated rings. The largest absolute Gasteiger partial charge is 0.355 e. The molecule has 20 heavy (non-hydrogen) atoms. The molecule has 1 aromatic heterocycles. The molecule has 0 radical (unpaired) electrons. The van der Waals surface area contributed by atoms with Gasteiger partial charge in [-0.25, -0.2) is 4.98 Å². The van der Waals surface area contributed by atoms with Crippen LogP contribution in [0.5, 0.6) is 0 Å². The van der Waals surface area contributed by atoms with E-state index in [9.17, 15) is 0 Å². The Bertz CT molecular complexity index is 403. The van der Waals surface area contributed by atoms with Gasteiger partial charge in [0.25, 0.3) is 0 Å². The number of anilines is 1. The summed E-state index contributed by atoms with van der Waals surface area (Å²) in [6, 6.07) is 5.29. The highest BCUT2D eigenvalue weighted by molar-refractivity contribution is 5.40. The minimum absolute atomic E-state index is 0.368. The lowest BCUT2D eigenvalue weighted by Crippen LogP contribution is -2.45. The SMILES string of the molecule is CCNC(C)c1ccc(N(C)C2CCCN(C)C2)nc1. The average molecular weight is 276 g/mol. The van der Waals surface area contributed by atoms with Gasteiger partial charge in [0.05, 0.1) is 0 Å². The van der Waals surface area contributed by atoms with E-state index >= 15 is 0 Å². The zero-order chi connectivity index (χ0) is 14.5.